The molecule has 0 aliphatic carbocycles. The molecule has 0 spiro atoms. The van der Waals surface area contributed by atoms with E-state index in [0.29, 0.717) is 12.1 Å². The summed E-state index contributed by atoms with van der Waals surface area (Å²) in [5, 5.41) is 9.02. The van der Waals surface area contributed by atoms with Gasteiger partial charge in [-0.15, -0.1) is 0 Å². The first-order chi connectivity index (χ1) is 7.63. The van der Waals surface area contributed by atoms with Crippen LogP contribution >= 0.6 is 15.9 Å². The lowest BCUT2D eigenvalue weighted by Crippen LogP contribution is -2.07. The Kier molecular flexibility index (Phi) is 3.25. The van der Waals surface area contributed by atoms with Crippen LogP contribution in [-0.2, 0) is 6.54 Å². The van der Waals surface area contributed by atoms with Gasteiger partial charge in [-0.1, -0.05) is 15.9 Å². The molecule has 0 amide bonds. The maximum atomic E-state index is 13.1. The summed E-state index contributed by atoms with van der Waals surface area (Å²) in [5.74, 6) is 0.504. The van der Waals surface area contributed by atoms with Gasteiger partial charge in [0.1, 0.15) is 11.6 Å². The fraction of sp³-hybridized carbons (Fsp3) is 0.364. The molecule has 3 nitrogen and oxygen atoms in total. The van der Waals surface area contributed by atoms with Gasteiger partial charge in [0.15, 0.2) is 0 Å². The van der Waals surface area contributed by atoms with Crippen molar-refractivity contribution in [3.63, 3.8) is 0 Å². The molecule has 0 aliphatic heterocycles. The van der Waals surface area contributed by atoms with Crippen molar-refractivity contribution in [2.75, 3.05) is 6.61 Å². The lowest BCUT2D eigenvalue weighted by atomic mass is 10.3. The SMILES string of the molecule is CC(Br)c1nc2cc(F)ccc2n1CCO. The Hall–Kier alpha value is -0.940. The van der Waals surface area contributed by atoms with Crippen LogP contribution in [0.25, 0.3) is 11.0 Å². The zero-order valence-electron chi connectivity index (χ0n) is 8.82. The van der Waals surface area contributed by atoms with E-state index in [1.807, 2.05) is 11.5 Å². The molecule has 1 aromatic heterocycles. The highest BCUT2D eigenvalue weighted by atomic mass is 79.9. The van der Waals surface area contributed by atoms with Crippen molar-refractivity contribution in [1.29, 1.82) is 0 Å². The van der Waals surface area contributed by atoms with Crippen molar-refractivity contribution in [2.24, 2.45) is 0 Å². The first-order valence-electron chi connectivity index (χ1n) is 5.04. The van der Waals surface area contributed by atoms with Gasteiger partial charge in [-0.2, -0.15) is 0 Å². The highest BCUT2D eigenvalue weighted by molar-refractivity contribution is 9.09. The van der Waals surface area contributed by atoms with Crippen molar-refractivity contribution >= 4 is 27.0 Å². The molecule has 0 bridgehead atoms. The van der Waals surface area contributed by atoms with E-state index in [4.69, 9.17) is 5.11 Å². The van der Waals surface area contributed by atoms with Gasteiger partial charge in [0.2, 0.25) is 0 Å². The van der Waals surface area contributed by atoms with Crippen molar-refractivity contribution in [3.8, 4) is 0 Å². The largest absolute Gasteiger partial charge is 0.395 e. The van der Waals surface area contributed by atoms with E-state index in [1.165, 1.54) is 12.1 Å². The lowest BCUT2D eigenvalue weighted by molar-refractivity contribution is 0.276. The highest BCUT2D eigenvalue weighted by Gasteiger charge is 2.14. The molecule has 1 atom stereocenters. The molecule has 0 aliphatic rings. The average molecular weight is 287 g/mol. The summed E-state index contributed by atoms with van der Waals surface area (Å²) in [6, 6.07) is 4.49. The number of benzene rings is 1. The second-order valence-corrected chi connectivity index (χ2v) is 4.97. The molecule has 1 aromatic carbocycles. The van der Waals surface area contributed by atoms with E-state index in [-0.39, 0.29) is 17.3 Å². The molecule has 1 heterocycles. The van der Waals surface area contributed by atoms with E-state index in [9.17, 15) is 4.39 Å². The van der Waals surface area contributed by atoms with Crippen LogP contribution in [0.5, 0.6) is 0 Å². The van der Waals surface area contributed by atoms with Gasteiger partial charge in [0.05, 0.1) is 22.5 Å². The minimum absolute atomic E-state index is 0.0373. The van der Waals surface area contributed by atoms with Crippen LogP contribution in [0.1, 0.15) is 17.6 Å². The van der Waals surface area contributed by atoms with E-state index < -0.39 is 0 Å². The number of aliphatic hydroxyl groups is 1. The van der Waals surface area contributed by atoms with Crippen LogP contribution in [-0.4, -0.2) is 21.3 Å². The number of hydrogen-bond donors (Lipinski definition) is 1. The Bertz CT molecular complexity index is 510. The fourth-order valence-electron chi connectivity index (χ4n) is 1.76. The van der Waals surface area contributed by atoms with Crippen LogP contribution < -0.4 is 0 Å². The highest BCUT2D eigenvalue weighted by Crippen LogP contribution is 2.26. The molecule has 16 heavy (non-hydrogen) atoms. The number of hydrogen-bond acceptors (Lipinski definition) is 2. The summed E-state index contributed by atoms with van der Waals surface area (Å²) >= 11 is 3.44. The molecule has 1 N–H and O–H groups in total. The molecule has 0 fully saturated rings. The summed E-state index contributed by atoms with van der Waals surface area (Å²) in [7, 11) is 0. The molecule has 0 radical (unpaired) electrons. The second-order valence-electron chi connectivity index (χ2n) is 3.59. The molecule has 0 saturated heterocycles. The first kappa shape index (κ1) is 11.5. The third-order valence-corrected chi connectivity index (χ3v) is 2.83. The summed E-state index contributed by atoms with van der Waals surface area (Å²) in [6.07, 6.45) is 0. The maximum absolute atomic E-state index is 13.1. The van der Waals surface area contributed by atoms with Gasteiger partial charge in [-0.05, 0) is 19.1 Å². The Morgan fingerprint density at radius 1 is 1.56 bits per heavy atom. The van der Waals surface area contributed by atoms with Crippen molar-refractivity contribution < 1.29 is 9.50 Å². The predicted molar refractivity (Wildman–Crippen MR) is 64.1 cm³/mol. The maximum Gasteiger partial charge on any atom is 0.125 e. The van der Waals surface area contributed by atoms with Gasteiger partial charge in [-0.3, -0.25) is 0 Å². The van der Waals surface area contributed by atoms with Gasteiger partial charge >= 0.3 is 0 Å². The Balaban J connectivity index is 2.65. The first-order valence-corrected chi connectivity index (χ1v) is 5.95. The number of imidazole rings is 1. The van der Waals surface area contributed by atoms with Crippen molar-refractivity contribution in [3.05, 3.63) is 29.8 Å². The van der Waals surface area contributed by atoms with Gasteiger partial charge in [-0.25, -0.2) is 9.37 Å². The minimum Gasteiger partial charge on any atom is -0.395 e. The fourth-order valence-corrected chi connectivity index (χ4v) is 2.11. The van der Waals surface area contributed by atoms with E-state index >= 15 is 0 Å². The molecule has 0 saturated carbocycles. The van der Waals surface area contributed by atoms with Crippen LogP contribution in [0.15, 0.2) is 18.2 Å². The number of aromatic nitrogens is 2. The van der Waals surface area contributed by atoms with Crippen LogP contribution in [0.2, 0.25) is 0 Å². The normalized spacial score (nSPS) is 13.2. The molecule has 1 unspecified atom stereocenters. The van der Waals surface area contributed by atoms with E-state index in [2.05, 4.69) is 20.9 Å². The van der Waals surface area contributed by atoms with Crippen LogP contribution in [0.4, 0.5) is 4.39 Å². The number of rotatable bonds is 3. The number of halogens is 2. The van der Waals surface area contributed by atoms with E-state index in [1.54, 1.807) is 6.07 Å². The lowest BCUT2D eigenvalue weighted by Gasteiger charge is -2.08. The van der Waals surface area contributed by atoms with Crippen LogP contribution in [0.3, 0.4) is 0 Å². The summed E-state index contributed by atoms with van der Waals surface area (Å²) in [4.78, 5) is 4.42. The third-order valence-electron chi connectivity index (χ3n) is 2.42. The number of aliphatic hydroxyl groups excluding tert-OH is 1. The Labute approximate surface area is 101 Å². The molecule has 5 heteroatoms. The number of fused-ring (bicyclic) bond motifs is 1. The topological polar surface area (TPSA) is 38.0 Å². The zero-order chi connectivity index (χ0) is 11.7. The monoisotopic (exact) mass is 286 g/mol. The predicted octanol–water partition coefficient (Wildman–Crippen LogP) is 2.62. The second kappa shape index (κ2) is 4.51. The van der Waals surface area contributed by atoms with Crippen LogP contribution in [0, 0.1) is 5.82 Å². The van der Waals surface area contributed by atoms with E-state index in [0.717, 1.165) is 11.3 Å². The summed E-state index contributed by atoms with van der Waals surface area (Å²) in [6.45, 7) is 2.45. The molecule has 2 rings (SSSR count). The third kappa shape index (κ3) is 1.97. The minimum atomic E-state index is -0.296. The molecule has 86 valence electrons. The standard InChI is InChI=1S/C11H12BrFN2O/c1-7(12)11-14-9-6-8(13)2-3-10(9)15(11)4-5-16/h2-3,6-7,16H,4-5H2,1H3. The Morgan fingerprint density at radius 3 is 2.94 bits per heavy atom. The summed E-state index contributed by atoms with van der Waals surface area (Å²) < 4.78 is 15.0. The van der Waals surface area contributed by atoms with Gasteiger partial charge in [0.25, 0.3) is 0 Å². The smallest absolute Gasteiger partial charge is 0.125 e. The quantitative estimate of drug-likeness (QED) is 0.881. The number of alkyl halides is 1. The Morgan fingerprint density at radius 2 is 2.31 bits per heavy atom. The molecular formula is C11H12BrFN2O. The summed E-state index contributed by atoms with van der Waals surface area (Å²) in [5.41, 5.74) is 1.46. The number of nitrogens with zero attached hydrogens (tertiary/aromatic N) is 2. The average Bonchev–Trinajstić information content (AvgIpc) is 2.57. The van der Waals surface area contributed by atoms with Gasteiger partial charge < -0.3 is 9.67 Å². The zero-order valence-corrected chi connectivity index (χ0v) is 10.4. The molecular weight excluding hydrogens is 275 g/mol. The van der Waals surface area contributed by atoms with Crippen molar-refractivity contribution in [1.82, 2.24) is 9.55 Å². The molecule has 2 aromatic rings. The van der Waals surface area contributed by atoms with Crippen molar-refractivity contribution in [2.45, 2.75) is 18.3 Å². The van der Waals surface area contributed by atoms with Gasteiger partial charge in [0, 0.05) is 12.6 Å².